The van der Waals surface area contributed by atoms with Crippen LogP contribution in [0.3, 0.4) is 0 Å². The number of halogens is 2. The molecule has 0 saturated heterocycles. The molecule has 1 rings (SSSR count). The number of anilines is 2. The van der Waals surface area contributed by atoms with Crippen LogP contribution in [-0.4, -0.2) is 17.8 Å². The molecule has 16 heavy (non-hydrogen) atoms. The molecular formula is C9H10FIN2O3. The van der Waals surface area contributed by atoms with Gasteiger partial charge in [0.1, 0.15) is 5.82 Å². The monoisotopic (exact) mass is 340 g/mol. The Morgan fingerprint density at radius 2 is 2.25 bits per heavy atom. The van der Waals surface area contributed by atoms with Crippen LogP contribution in [0.15, 0.2) is 12.1 Å². The zero-order valence-corrected chi connectivity index (χ0v) is 10.5. The lowest BCUT2D eigenvalue weighted by molar-refractivity contribution is 0.0521. The maximum absolute atomic E-state index is 13.5. The summed E-state index contributed by atoms with van der Waals surface area (Å²) < 4.78 is 20.8. The number of carbonyl (C=O) groups excluding carboxylic acids is 1. The molecule has 0 aliphatic heterocycles. The normalized spacial score (nSPS) is 9.75. The SMILES string of the molecule is CCOC(=O)c1cc(NO)c(NI)cc1F. The highest BCUT2D eigenvalue weighted by Gasteiger charge is 2.16. The zero-order valence-electron chi connectivity index (χ0n) is 8.38. The molecule has 88 valence electrons. The number of hydrogen-bond acceptors (Lipinski definition) is 5. The van der Waals surface area contributed by atoms with Crippen LogP contribution in [0.4, 0.5) is 15.8 Å². The van der Waals surface area contributed by atoms with Crippen LogP contribution in [0.5, 0.6) is 0 Å². The summed E-state index contributed by atoms with van der Waals surface area (Å²) in [6.45, 7) is 1.79. The number of rotatable bonds is 4. The maximum atomic E-state index is 13.5. The van der Waals surface area contributed by atoms with E-state index in [-0.39, 0.29) is 17.9 Å². The average Bonchev–Trinajstić information content (AvgIpc) is 2.28. The molecule has 3 N–H and O–H groups in total. The van der Waals surface area contributed by atoms with E-state index in [9.17, 15) is 9.18 Å². The molecule has 0 fully saturated rings. The highest BCUT2D eigenvalue weighted by Crippen LogP contribution is 2.26. The molecule has 0 spiro atoms. The lowest BCUT2D eigenvalue weighted by Gasteiger charge is -2.10. The Bertz CT molecular complexity index is 401. The Kier molecular flexibility index (Phi) is 4.74. The third kappa shape index (κ3) is 2.73. The quantitative estimate of drug-likeness (QED) is 0.340. The summed E-state index contributed by atoms with van der Waals surface area (Å²) >= 11 is 1.78. The molecule has 0 saturated carbocycles. The minimum atomic E-state index is -0.767. The number of esters is 1. The fourth-order valence-corrected chi connectivity index (χ4v) is 1.56. The van der Waals surface area contributed by atoms with Crippen molar-refractivity contribution in [2.24, 2.45) is 0 Å². The van der Waals surface area contributed by atoms with E-state index in [4.69, 9.17) is 5.21 Å². The van der Waals surface area contributed by atoms with Gasteiger partial charge in [-0.15, -0.1) is 0 Å². The smallest absolute Gasteiger partial charge is 0.341 e. The lowest BCUT2D eigenvalue weighted by Crippen LogP contribution is -2.08. The first-order chi connectivity index (χ1) is 7.63. The van der Waals surface area contributed by atoms with Crippen molar-refractivity contribution in [1.29, 1.82) is 0 Å². The third-order valence-electron chi connectivity index (χ3n) is 1.82. The van der Waals surface area contributed by atoms with E-state index >= 15 is 0 Å². The summed E-state index contributed by atoms with van der Waals surface area (Å²) in [4.78, 5) is 11.3. The maximum Gasteiger partial charge on any atom is 0.341 e. The van der Waals surface area contributed by atoms with Crippen molar-refractivity contribution in [3.63, 3.8) is 0 Å². The number of carbonyl (C=O) groups is 1. The Balaban J connectivity index is 3.15. The number of ether oxygens (including phenoxy) is 1. The van der Waals surface area contributed by atoms with Gasteiger partial charge in [0.15, 0.2) is 0 Å². The van der Waals surface area contributed by atoms with Gasteiger partial charge in [-0.2, -0.15) is 0 Å². The van der Waals surface area contributed by atoms with E-state index in [1.165, 1.54) is 6.07 Å². The van der Waals surface area contributed by atoms with Crippen molar-refractivity contribution in [1.82, 2.24) is 0 Å². The van der Waals surface area contributed by atoms with Crippen LogP contribution in [0.25, 0.3) is 0 Å². The van der Waals surface area contributed by atoms with Crippen LogP contribution in [-0.2, 0) is 4.74 Å². The van der Waals surface area contributed by atoms with Crippen molar-refractivity contribution in [3.05, 3.63) is 23.5 Å². The van der Waals surface area contributed by atoms with E-state index in [1.54, 1.807) is 29.8 Å². The molecule has 0 heterocycles. The minimum Gasteiger partial charge on any atom is -0.462 e. The Morgan fingerprint density at radius 3 is 2.75 bits per heavy atom. The second-order valence-corrected chi connectivity index (χ2v) is 3.34. The molecule has 1 aromatic rings. The van der Waals surface area contributed by atoms with Crippen LogP contribution in [0.1, 0.15) is 17.3 Å². The molecule has 0 aliphatic rings. The van der Waals surface area contributed by atoms with Gasteiger partial charge >= 0.3 is 5.97 Å². The first kappa shape index (κ1) is 13.0. The second-order valence-electron chi connectivity index (χ2n) is 2.80. The van der Waals surface area contributed by atoms with Crippen molar-refractivity contribution in [3.8, 4) is 0 Å². The number of nitrogens with one attached hydrogen (secondary N) is 2. The zero-order chi connectivity index (χ0) is 12.1. The number of hydrogen-bond donors (Lipinski definition) is 3. The van der Waals surface area contributed by atoms with Crippen molar-refractivity contribution in [2.45, 2.75) is 6.92 Å². The highest BCUT2D eigenvalue weighted by molar-refractivity contribution is 14.1. The molecule has 5 nitrogen and oxygen atoms in total. The summed E-state index contributed by atoms with van der Waals surface area (Å²) in [6, 6.07) is 2.27. The summed E-state index contributed by atoms with van der Waals surface area (Å²) in [5.74, 6) is -1.48. The van der Waals surface area contributed by atoms with E-state index in [0.29, 0.717) is 5.69 Å². The van der Waals surface area contributed by atoms with Gasteiger partial charge in [-0.25, -0.2) is 9.18 Å². The topological polar surface area (TPSA) is 70.6 Å². The standard InChI is InChI=1S/C9H10FIN2O3/c1-2-16-9(14)5-3-8(13-15)7(12-11)4-6(5)10/h3-4,12-13,15H,2H2,1H3. The van der Waals surface area contributed by atoms with Crippen LogP contribution < -0.4 is 9.01 Å². The van der Waals surface area contributed by atoms with Crippen LogP contribution in [0.2, 0.25) is 0 Å². The van der Waals surface area contributed by atoms with Crippen LogP contribution in [0, 0.1) is 5.82 Å². The molecule has 0 bridgehead atoms. The van der Waals surface area contributed by atoms with Crippen molar-refractivity contribution in [2.75, 3.05) is 15.6 Å². The third-order valence-corrected chi connectivity index (χ3v) is 2.41. The summed E-state index contributed by atoms with van der Waals surface area (Å²) in [7, 11) is 0. The van der Waals surface area contributed by atoms with E-state index in [1.807, 2.05) is 5.48 Å². The summed E-state index contributed by atoms with van der Waals surface area (Å²) in [6.07, 6.45) is 0. The first-order valence-electron chi connectivity index (χ1n) is 4.41. The molecule has 1 aromatic carbocycles. The predicted octanol–water partition coefficient (Wildman–Crippen LogP) is 2.57. The van der Waals surface area contributed by atoms with Crippen molar-refractivity contribution < 1.29 is 19.1 Å². The van der Waals surface area contributed by atoms with E-state index < -0.39 is 11.8 Å². The van der Waals surface area contributed by atoms with Gasteiger partial charge in [-0.1, -0.05) is 0 Å². The second kappa shape index (κ2) is 5.85. The molecule has 0 atom stereocenters. The van der Waals surface area contributed by atoms with Gasteiger partial charge in [0, 0.05) is 6.07 Å². The fraction of sp³-hybridized carbons (Fsp3) is 0.222. The molecule has 0 unspecified atom stereocenters. The van der Waals surface area contributed by atoms with Crippen LogP contribution >= 0.6 is 22.9 Å². The fourth-order valence-electron chi connectivity index (χ4n) is 1.11. The Morgan fingerprint density at radius 1 is 1.56 bits per heavy atom. The molecule has 7 heteroatoms. The van der Waals surface area contributed by atoms with Crippen molar-refractivity contribution >= 4 is 40.2 Å². The lowest BCUT2D eigenvalue weighted by atomic mass is 10.1. The van der Waals surface area contributed by atoms with Gasteiger partial charge in [-0.05, 0) is 13.0 Å². The van der Waals surface area contributed by atoms with Gasteiger partial charge in [0.25, 0.3) is 0 Å². The minimum absolute atomic E-state index is 0.159. The summed E-state index contributed by atoms with van der Waals surface area (Å²) in [5, 5.41) is 8.81. The average molecular weight is 340 g/mol. The van der Waals surface area contributed by atoms with Gasteiger partial charge in [0.05, 0.1) is 46.4 Å². The molecule has 0 radical (unpaired) electrons. The van der Waals surface area contributed by atoms with Gasteiger partial charge in [0.2, 0.25) is 0 Å². The Labute approximate surface area is 105 Å². The first-order valence-corrected chi connectivity index (χ1v) is 5.49. The molecule has 0 aliphatic carbocycles. The molecule has 0 amide bonds. The molecular weight excluding hydrogens is 330 g/mol. The predicted molar refractivity (Wildman–Crippen MR) is 65.4 cm³/mol. The van der Waals surface area contributed by atoms with Gasteiger partial charge < -0.3 is 8.27 Å². The van der Waals surface area contributed by atoms with Gasteiger partial charge in [-0.3, -0.25) is 10.7 Å². The number of benzene rings is 1. The largest absolute Gasteiger partial charge is 0.462 e. The Hall–Kier alpha value is -1.09. The summed E-state index contributed by atoms with van der Waals surface area (Å²) in [5.41, 5.74) is 2.16. The molecule has 0 aromatic heterocycles. The highest BCUT2D eigenvalue weighted by atomic mass is 127. The van der Waals surface area contributed by atoms with E-state index in [0.717, 1.165) is 6.07 Å². The van der Waals surface area contributed by atoms with E-state index in [2.05, 4.69) is 8.27 Å².